The van der Waals surface area contributed by atoms with E-state index in [1.165, 1.54) is 57.8 Å². The molecular formula is C17H30O. The van der Waals surface area contributed by atoms with Gasteiger partial charge in [0, 0.05) is 6.42 Å². The predicted octanol–water partition coefficient (Wildman–Crippen LogP) is 4.99. The third kappa shape index (κ3) is 3.83. The molecule has 0 saturated heterocycles. The maximum absolute atomic E-state index is 10.4. The second kappa shape index (κ2) is 7.31. The van der Waals surface area contributed by atoms with Gasteiger partial charge in [-0.2, -0.15) is 0 Å². The topological polar surface area (TPSA) is 17.1 Å². The highest BCUT2D eigenvalue weighted by Gasteiger charge is 2.30. The fourth-order valence-electron chi connectivity index (χ4n) is 4.32. The van der Waals surface area contributed by atoms with Gasteiger partial charge in [0.25, 0.3) is 0 Å². The summed E-state index contributed by atoms with van der Waals surface area (Å²) in [6, 6.07) is 0. The van der Waals surface area contributed by atoms with Crippen molar-refractivity contribution in [3.63, 3.8) is 0 Å². The van der Waals surface area contributed by atoms with Gasteiger partial charge in [0.15, 0.2) is 0 Å². The predicted molar refractivity (Wildman–Crippen MR) is 76.5 cm³/mol. The Bertz CT molecular complexity index is 232. The molecular weight excluding hydrogens is 220 g/mol. The molecule has 0 aromatic heterocycles. The normalized spacial score (nSPS) is 37.4. The van der Waals surface area contributed by atoms with E-state index in [-0.39, 0.29) is 0 Å². The fourth-order valence-corrected chi connectivity index (χ4v) is 4.32. The molecule has 1 heteroatoms. The highest BCUT2D eigenvalue weighted by molar-refractivity contribution is 5.49. The molecule has 0 heterocycles. The highest BCUT2D eigenvalue weighted by Crippen LogP contribution is 2.42. The molecule has 0 atom stereocenters. The van der Waals surface area contributed by atoms with Crippen LogP contribution in [0.5, 0.6) is 0 Å². The van der Waals surface area contributed by atoms with Crippen LogP contribution in [0.1, 0.15) is 77.6 Å². The van der Waals surface area contributed by atoms with Crippen LogP contribution >= 0.6 is 0 Å². The minimum absolute atomic E-state index is 0.789. The number of hydrogen-bond acceptors (Lipinski definition) is 1. The Kier molecular flexibility index (Phi) is 5.72. The third-order valence-electron chi connectivity index (χ3n) is 5.72. The molecule has 0 radical (unpaired) electrons. The Morgan fingerprint density at radius 2 is 1.33 bits per heavy atom. The third-order valence-corrected chi connectivity index (χ3v) is 5.72. The van der Waals surface area contributed by atoms with Crippen molar-refractivity contribution in [1.82, 2.24) is 0 Å². The first-order valence-corrected chi connectivity index (χ1v) is 8.27. The average Bonchev–Trinajstić information content (AvgIpc) is 2.46. The van der Waals surface area contributed by atoms with Crippen LogP contribution in [0.15, 0.2) is 0 Å². The summed E-state index contributed by atoms with van der Waals surface area (Å²) >= 11 is 0. The van der Waals surface area contributed by atoms with Crippen LogP contribution < -0.4 is 0 Å². The zero-order valence-electron chi connectivity index (χ0n) is 12.1. The van der Waals surface area contributed by atoms with E-state index in [0.717, 1.165) is 42.8 Å². The van der Waals surface area contributed by atoms with Crippen molar-refractivity contribution in [3.8, 4) is 0 Å². The summed E-state index contributed by atoms with van der Waals surface area (Å²) in [7, 11) is 0. The Labute approximate surface area is 113 Å². The van der Waals surface area contributed by atoms with Gasteiger partial charge in [0.05, 0.1) is 0 Å². The van der Waals surface area contributed by atoms with E-state index in [1.807, 2.05) is 0 Å². The van der Waals surface area contributed by atoms with Crippen molar-refractivity contribution in [1.29, 1.82) is 0 Å². The maximum atomic E-state index is 10.4. The van der Waals surface area contributed by atoms with E-state index < -0.39 is 0 Å². The van der Waals surface area contributed by atoms with Gasteiger partial charge < -0.3 is 4.79 Å². The molecule has 0 aromatic rings. The molecule has 2 aliphatic rings. The molecule has 0 bridgehead atoms. The molecule has 18 heavy (non-hydrogen) atoms. The lowest BCUT2D eigenvalue weighted by molar-refractivity contribution is -0.108. The van der Waals surface area contributed by atoms with Crippen molar-refractivity contribution in [3.05, 3.63) is 0 Å². The van der Waals surface area contributed by atoms with E-state index in [1.54, 1.807) is 0 Å². The Balaban J connectivity index is 1.68. The van der Waals surface area contributed by atoms with Gasteiger partial charge in [-0.3, -0.25) is 0 Å². The van der Waals surface area contributed by atoms with Crippen molar-refractivity contribution < 1.29 is 4.79 Å². The lowest BCUT2D eigenvalue weighted by Crippen LogP contribution is -2.25. The van der Waals surface area contributed by atoms with E-state index >= 15 is 0 Å². The highest BCUT2D eigenvalue weighted by atomic mass is 16.1. The summed E-state index contributed by atoms with van der Waals surface area (Å²) in [6.07, 6.45) is 16.1. The molecule has 1 nitrogen and oxygen atoms in total. The minimum Gasteiger partial charge on any atom is -0.303 e. The van der Waals surface area contributed by atoms with E-state index in [2.05, 4.69) is 6.92 Å². The summed E-state index contributed by atoms with van der Waals surface area (Å²) in [5.41, 5.74) is 0. The molecule has 0 unspecified atom stereocenters. The van der Waals surface area contributed by atoms with E-state index in [9.17, 15) is 4.79 Å². The molecule has 2 saturated carbocycles. The lowest BCUT2D eigenvalue weighted by atomic mass is 9.68. The van der Waals surface area contributed by atoms with Gasteiger partial charge in [-0.25, -0.2) is 0 Å². The summed E-state index contributed by atoms with van der Waals surface area (Å²) in [6.45, 7) is 2.35. The molecule has 104 valence electrons. The molecule has 0 spiro atoms. The van der Waals surface area contributed by atoms with Crippen LogP contribution in [0.2, 0.25) is 0 Å². The average molecular weight is 250 g/mol. The minimum atomic E-state index is 0.789. The molecule has 2 rings (SSSR count). The second-order valence-corrected chi connectivity index (χ2v) is 6.71. The number of rotatable bonds is 5. The van der Waals surface area contributed by atoms with E-state index in [0.29, 0.717) is 0 Å². The number of hydrogen-bond donors (Lipinski definition) is 0. The zero-order valence-corrected chi connectivity index (χ0v) is 12.1. The fraction of sp³-hybridized carbons (Fsp3) is 0.941. The quantitative estimate of drug-likeness (QED) is 0.628. The van der Waals surface area contributed by atoms with Crippen molar-refractivity contribution in [2.24, 2.45) is 23.7 Å². The summed E-state index contributed by atoms with van der Waals surface area (Å²) < 4.78 is 0. The SMILES string of the molecule is CCC1CCC(C2CCC(CCC=O)CC2)CC1. The lowest BCUT2D eigenvalue weighted by Gasteiger charge is -2.37. The molecule has 2 fully saturated rings. The van der Waals surface area contributed by atoms with Crippen LogP contribution in [0.3, 0.4) is 0 Å². The van der Waals surface area contributed by atoms with Crippen molar-refractivity contribution in [2.45, 2.75) is 77.6 Å². The number of aldehydes is 1. The van der Waals surface area contributed by atoms with Crippen LogP contribution in [0.25, 0.3) is 0 Å². The molecule has 2 aliphatic carbocycles. The Morgan fingerprint density at radius 3 is 1.78 bits per heavy atom. The Hall–Kier alpha value is -0.330. The largest absolute Gasteiger partial charge is 0.303 e. The second-order valence-electron chi connectivity index (χ2n) is 6.71. The zero-order chi connectivity index (χ0) is 12.8. The standard InChI is InChI=1S/C17H30O/c1-2-14-5-9-16(10-6-14)17-11-7-15(8-12-17)4-3-13-18/h13-17H,2-12H2,1H3. The Morgan fingerprint density at radius 1 is 0.833 bits per heavy atom. The first-order valence-electron chi connectivity index (χ1n) is 8.27. The van der Waals surface area contributed by atoms with E-state index in [4.69, 9.17) is 0 Å². The van der Waals surface area contributed by atoms with Crippen LogP contribution in [-0.4, -0.2) is 6.29 Å². The van der Waals surface area contributed by atoms with Crippen molar-refractivity contribution >= 4 is 6.29 Å². The van der Waals surface area contributed by atoms with Gasteiger partial charge in [-0.15, -0.1) is 0 Å². The molecule has 0 aromatic carbocycles. The van der Waals surface area contributed by atoms with Crippen LogP contribution in [-0.2, 0) is 4.79 Å². The summed E-state index contributed by atoms with van der Waals surface area (Å²) in [5, 5.41) is 0. The molecule has 0 aliphatic heterocycles. The van der Waals surface area contributed by atoms with Crippen LogP contribution in [0.4, 0.5) is 0 Å². The summed E-state index contributed by atoms with van der Waals surface area (Å²) in [5.74, 6) is 3.96. The smallest absolute Gasteiger partial charge is 0.120 e. The van der Waals surface area contributed by atoms with Gasteiger partial charge in [-0.05, 0) is 55.8 Å². The number of carbonyl (C=O) groups excluding carboxylic acids is 1. The first-order chi connectivity index (χ1) is 8.83. The summed E-state index contributed by atoms with van der Waals surface area (Å²) in [4.78, 5) is 10.4. The van der Waals surface area contributed by atoms with Crippen LogP contribution in [0, 0.1) is 23.7 Å². The molecule has 0 amide bonds. The van der Waals surface area contributed by atoms with Gasteiger partial charge in [-0.1, -0.05) is 39.0 Å². The van der Waals surface area contributed by atoms with Gasteiger partial charge >= 0.3 is 0 Å². The maximum Gasteiger partial charge on any atom is 0.120 e. The number of carbonyl (C=O) groups is 1. The van der Waals surface area contributed by atoms with Gasteiger partial charge in [0.1, 0.15) is 6.29 Å². The van der Waals surface area contributed by atoms with Crippen molar-refractivity contribution in [2.75, 3.05) is 0 Å². The molecule has 0 N–H and O–H groups in total. The monoisotopic (exact) mass is 250 g/mol. The first kappa shape index (κ1) is 14.1. The van der Waals surface area contributed by atoms with Gasteiger partial charge in [0.2, 0.25) is 0 Å².